The Bertz CT molecular complexity index is 1550. The van der Waals surface area contributed by atoms with Gasteiger partial charge < -0.3 is 15.1 Å². The quantitative estimate of drug-likeness (QED) is 0.254. The number of rotatable bonds is 5. The van der Waals surface area contributed by atoms with Gasteiger partial charge in [0.2, 0.25) is 0 Å². The van der Waals surface area contributed by atoms with E-state index in [2.05, 4.69) is 10.2 Å². The normalized spacial score (nSPS) is 13.7. The monoisotopic (exact) mass is 597 g/mol. The third kappa shape index (κ3) is 6.34. The second-order valence-electron chi connectivity index (χ2n) is 9.50. The molecule has 5 nitrogen and oxygen atoms in total. The van der Waals surface area contributed by atoms with Gasteiger partial charge in [-0.25, -0.2) is 0 Å². The Hall–Kier alpha value is -4.01. The zero-order valence-electron chi connectivity index (χ0n) is 21.6. The summed E-state index contributed by atoms with van der Waals surface area (Å²) in [5, 5.41) is 3.52. The van der Waals surface area contributed by atoms with Crippen molar-refractivity contribution in [1.82, 2.24) is 4.90 Å². The van der Waals surface area contributed by atoms with E-state index in [1.165, 1.54) is 12.1 Å². The Morgan fingerprint density at radius 2 is 1.34 bits per heavy atom. The smallest absolute Gasteiger partial charge is 0.368 e. The van der Waals surface area contributed by atoms with Gasteiger partial charge in [-0.1, -0.05) is 59.6 Å². The minimum absolute atomic E-state index is 0.199. The molecule has 1 N–H and O–H groups in total. The van der Waals surface area contributed by atoms with Gasteiger partial charge in [0.05, 0.1) is 21.2 Å². The Kier molecular flexibility index (Phi) is 8.24. The highest BCUT2D eigenvalue weighted by atomic mass is 35.5. The SMILES string of the molecule is O=C(Nc1ccc(N2CCN(C(=O)c3c(Cl)cccc3Cl)CC2)cc1)c1ccccc1-c1ccc(C(F)(F)F)cc1. The van der Waals surface area contributed by atoms with E-state index in [-0.39, 0.29) is 11.8 Å². The lowest BCUT2D eigenvalue weighted by atomic mass is 9.98. The molecule has 4 aromatic carbocycles. The molecular formula is C31H24Cl2F3N3O2. The van der Waals surface area contributed by atoms with E-state index in [0.717, 1.165) is 17.8 Å². The van der Waals surface area contributed by atoms with E-state index < -0.39 is 11.7 Å². The number of alkyl halides is 3. The molecule has 5 rings (SSSR count). The van der Waals surface area contributed by atoms with Crippen LogP contribution in [-0.2, 0) is 6.18 Å². The predicted octanol–water partition coefficient (Wildman–Crippen LogP) is 7.89. The molecule has 4 aromatic rings. The summed E-state index contributed by atoms with van der Waals surface area (Å²) in [5.41, 5.74) is 2.45. The first-order valence-corrected chi connectivity index (χ1v) is 13.5. The molecule has 0 bridgehead atoms. The standard InChI is InChI=1S/C31H24Cl2F3N3O2/c32-26-6-3-7-27(33)28(26)30(41)39-18-16-38(17-19-39)23-14-12-22(13-15-23)37-29(40)25-5-2-1-4-24(25)20-8-10-21(11-9-20)31(34,35)36/h1-15H,16-19H2,(H,37,40). The Morgan fingerprint density at radius 3 is 1.95 bits per heavy atom. The molecule has 1 saturated heterocycles. The van der Waals surface area contributed by atoms with Crippen LogP contribution in [0.25, 0.3) is 11.1 Å². The summed E-state index contributed by atoms with van der Waals surface area (Å²) < 4.78 is 38.9. The van der Waals surface area contributed by atoms with Gasteiger partial charge in [0.1, 0.15) is 0 Å². The number of halogens is 5. The molecule has 210 valence electrons. The second kappa shape index (κ2) is 11.8. The van der Waals surface area contributed by atoms with Gasteiger partial charge >= 0.3 is 6.18 Å². The Morgan fingerprint density at radius 1 is 0.732 bits per heavy atom. The van der Waals surface area contributed by atoms with E-state index in [4.69, 9.17) is 23.2 Å². The number of piperazine rings is 1. The van der Waals surface area contributed by atoms with Crippen LogP contribution in [0.4, 0.5) is 24.5 Å². The van der Waals surface area contributed by atoms with Crippen molar-refractivity contribution in [1.29, 1.82) is 0 Å². The topological polar surface area (TPSA) is 52.7 Å². The maximum Gasteiger partial charge on any atom is 0.416 e. The fourth-order valence-corrected chi connectivity index (χ4v) is 5.31. The van der Waals surface area contributed by atoms with Gasteiger partial charge in [-0.3, -0.25) is 9.59 Å². The van der Waals surface area contributed by atoms with Crippen molar-refractivity contribution < 1.29 is 22.8 Å². The summed E-state index contributed by atoms with van der Waals surface area (Å²) in [6.07, 6.45) is -4.43. The largest absolute Gasteiger partial charge is 0.416 e. The molecule has 0 radical (unpaired) electrons. The molecule has 1 aliphatic heterocycles. The number of carbonyl (C=O) groups is 2. The number of amides is 2. The van der Waals surface area contributed by atoms with Gasteiger partial charge in [-0.2, -0.15) is 13.2 Å². The molecule has 10 heteroatoms. The first kappa shape index (κ1) is 28.5. The molecule has 41 heavy (non-hydrogen) atoms. The first-order valence-electron chi connectivity index (χ1n) is 12.8. The van der Waals surface area contributed by atoms with Crippen LogP contribution in [0.3, 0.4) is 0 Å². The third-order valence-corrected chi connectivity index (χ3v) is 7.56. The van der Waals surface area contributed by atoms with E-state index in [1.807, 2.05) is 12.1 Å². The van der Waals surface area contributed by atoms with Gasteiger partial charge in [-0.15, -0.1) is 0 Å². The Labute approximate surface area is 245 Å². The zero-order valence-corrected chi connectivity index (χ0v) is 23.1. The first-order chi connectivity index (χ1) is 19.6. The van der Waals surface area contributed by atoms with Crippen LogP contribution >= 0.6 is 23.2 Å². The average Bonchev–Trinajstić information content (AvgIpc) is 2.97. The second-order valence-corrected chi connectivity index (χ2v) is 10.3. The number of benzene rings is 4. The number of hydrogen-bond donors (Lipinski definition) is 1. The van der Waals surface area contributed by atoms with Gasteiger partial charge in [0.25, 0.3) is 11.8 Å². The number of nitrogens with one attached hydrogen (secondary N) is 1. The Balaban J connectivity index is 1.22. The van der Waals surface area contributed by atoms with Gasteiger partial charge in [0.15, 0.2) is 0 Å². The molecule has 0 unspecified atom stereocenters. The van der Waals surface area contributed by atoms with Crippen molar-refractivity contribution in [2.45, 2.75) is 6.18 Å². The lowest BCUT2D eigenvalue weighted by Crippen LogP contribution is -2.48. The number of carbonyl (C=O) groups excluding carboxylic acids is 2. The summed E-state index contributed by atoms with van der Waals surface area (Å²) in [5.74, 6) is -0.575. The molecule has 0 aromatic heterocycles. The van der Waals surface area contributed by atoms with Crippen molar-refractivity contribution in [3.05, 3.63) is 118 Å². The van der Waals surface area contributed by atoms with Crippen LogP contribution in [0, 0.1) is 0 Å². The molecular weight excluding hydrogens is 574 g/mol. The highest BCUT2D eigenvalue weighted by Gasteiger charge is 2.30. The van der Waals surface area contributed by atoms with E-state index in [1.54, 1.807) is 59.5 Å². The highest BCUT2D eigenvalue weighted by Crippen LogP contribution is 2.32. The summed E-state index contributed by atoms with van der Waals surface area (Å²) in [4.78, 5) is 30.0. The van der Waals surface area contributed by atoms with Gasteiger partial charge in [0, 0.05) is 43.1 Å². The summed E-state index contributed by atoms with van der Waals surface area (Å²) in [7, 11) is 0. The van der Waals surface area contributed by atoms with Crippen LogP contribution in [0.1, 0.15) is 26.3 Å². The maximum absolute atomic E-state index is 13.1. The van der Waals surface area contributed by atoms with E-state index >= 15 is 0 Å². The molecule has 2 amide bonds. The number of hydrogen-bond acceptors (Lipinski definition) is 3. The molecule has 0 saturated carbocycles. The summed E-state index contributed by atoms with van der Waals surface area (Å²) in [6, 6.07) is 23.8. The van der Waals surface area contributed by atoms with Crippen molar-refractivity contribution in [3.63, 3.8) is 0 Å². The predicted molar refractivity (Wildman–Crippen MR) is 156 cm³/mol. The lowest BCUT2D eigenvalue weighted by Gasteiger charge is -2.36. The number of anilines is 2. The van der Waals surface area contributed by atoms with Crippen molar-refractivity contribution in [3.8, 4) is 11.1 Å². The van der Waals surface area contributed by atoms with Crippen molar-refractivity contribution in [2.24, 2.45) is 0 Å². The fraction of sp³-hybridized carbons (Fsp3) is 0.161. The molecule has 0 spiro atoms. The van der Waals surface area contributed by atoms with Crippen LogP contribution < -0.4 is 10.2 Å². The van der Waals surface area contributed by atoms with Crippen molar-refractivity contribution >= 4 is 46.4 Å². The fourth-order valence-electron chi connectivity index (χ4n) is 4.75. The van der Waals surface area contributed by atoms with Crippen LogP contribution in [0.2, 0.25) is 10.0 Å². The zero-order chi connectivity index (χ0) is 29.1. The summed E-state index contributed by atoms with van der Waals surface area (Å²) in [6.45, 7) is 2.22. The molecule has 1 heterocycles. The lowest BCUT2D eigenvalue weighted by molar-refractivity contribution is -0.137. The molecule has 0 aliphatic carbocycles. The summed E-state index contributed by atoms with van der Waals surface area (Å²) >= 11 is 12.4. The van der Waals surface area contributed by atoms with E-state index in [9.17, 15) is 22.8 Å². The van der Waals surface area contributed by atoms with Crippen molar-refractivity contribution in [2.75, 3.05) is 36.4 Å². The maximum atomic E-state index is 13.1. The van der Waals surface area contributed by atoms with Gasteiger partial charge in [-0.05, 0) is 65.7 Å². The highest BCUT2D eigenvalue weighted by molar-refractivity contribution is 6.39. The average molecular weight is 598 g/mol. The number of nitrogens with zero attached hydrogens (tertiary/aromatic N) is 2. The van der Waals surface area contributed by atoms with E-state index in [0.29, 0.717) is 64.2 Å². The van der Waals surface area contributed by atoms with Crippen LogP contribution in [-0.4, -0.2) is 42.9 Å². The van der Waals surface area contributed by atoms with Crippen LogP contribution in [0.15, 0.2) is 91.0 Å². The van der Waals surface area contributed by atoms with Crippen LogP contribution in [0.5, 0.6) is 0 Å². The minimum atomic E-state index is -4.43. The molecule has 0 atom stereocenters. The molecule has 1 fully saturated rings. The minimum Gasteiger partial charge on any atom is -0.368 e. The molecule has 1 aliphatic rings. The third-order valence-electron chi connectivity index (χ3n) is 6.93.